The molecular weight excluding hydrogens is 414 g/mol. The molecule has 0 aliphatic heterocycles. The van der Waals surface area contributed by atoms with Gasteiger partial charge >= 0.3 is 0 Å². The van der Waals surface area contributed by atoms with Crippen LogP contribution in [0.2, 0.25) is 0 Å². The van der Waals surface area contributed by atoms with E-state index in [2.05, 4.69) is 18.9 Å². The van der Waals surface area contributed by atoms with Crippen molar-refractivity contribution in [2.45, 2.75) is 65.5 Å². The van der Waals surface area contributed by atoms with E-state index in [-0.39, 0.29) is 36.0 Å². The number of ketones is 1. The number of hydrogen-bond acceptors (Lipinski definition) is 5. The molecule has 0 saturated heterocycles. The Morgan fingerprint density at radius 3 is 2.74 bits per heavy atom. The number of carbonyl (C=O) groups excluding carboxylic acids is 1. The third-order valence-corrected chi connectivity index (χ3v) is 10.3. The molecule has 0 N–H and O–H groups in total. The number of fused-ring (bicyclic) bond motifs is 3. The van der Waals surface area contributed by atoms with Gasteiger partial charge in [0.25, 0.3) is 0 Å². The van der Waals surface area contributed by atoms with E-state index in [0.29, 0.717) is 18.6 Å². The van der Waals surface area contributed by atoms with E-state index in [1.165, 1.54) is 15.6 Å². The van der Waals surface area contributed by atoms with Crippen molar-refractivity contribution in [2.24, 2.45) is 23.8 Å². The van der Waals surface area contributed by atoms with Crippen LogP contribution in [0, 0.1) is 16.7 Å². The standard InChI is InChI=1S/C23H31N3O4S/c1-22(2)16-9-10-23(22,21(27)12-16)15-31(28,29)26(13-17-6-5-11-30-17)14-19-18-7-4-8-20(18)25(3)24-19/h5-6,11,16H,4,7-10,12-15H2,1-3H3. The summed E-state index contributed by atoms with van der Waals surface area (Å²) in [7, 11) is -1.81. The van der Waals surface area contributed by atoms with Crippen molar-refractivity contribution < 1.29 is 17.6 Å². The van der Waals surface area contributed by atoms with Gasteiger partial charge in [0, 0.05) is 24.6 Å². The van der Waals surface area contributed by atoms with Gasteiger partial charge in [0.15, 0.2) is 0 Å². The first-order valence-corrected chi connectivity index (χ1v) is 12.8. The van der Waals surface area contributed by atoms with Gasteiger partial charge in [-0.3, -0.25) is 9.48 Å². The maximum atomic E-state index is 13.8. The number of furan rings is 1. The summed E-state index contributed by atoms with van der Waals surface area (Å²) in [5.41, 5.74) is 2.13. The van der Waals surface area contributed by atoms with E-state index >= 15 is 0 Å². The monoisotopic (exact) mass is 445 g/mol. The van der Waals surface area contributed by atoms with E-state index in [1.807, 2.05) is 11.7 Å². The minimum absolute atomic E-state index is 0.119. The number of hydrogen-bond donors (Lipinski definition) is 0. The molecule has 2 fully saturated rings. The van der Waals surface area contributed by atoms with Gasteiger partial charge in [0.05, 0.1) is 30.8 Å². The first-order chi connectivity index (χ1) is 14.6. The minimum atomic E-state index is -3.73. The summed E-state index contributed by atoms with van der Waals surface area (Å²) in [4.78, 5) is 13.0. The zero-order valence-corrected chi connectivity index (χ0v) is 19.4. The molecule has 0 radical (unpaired) electrons. The third kappa shape index (κ3) is 3.13. The molecule has 0 spiro atoms. The van der Waals surface area contributed by atoms with E-state index in [0.717, 1.165) is 31.4 Å². The molecule has 8 heteroatoms. The lowest BCUT2D eigenvalue weighted by molar-refractivity contribution is -0.128. The topological polar surface area (TPSA) is 85.4 Å². The van der Waals surface area contributed by atoms with Crippen LogP contribution < -0.4 is 0 Å². The molecule has 2 aromatic heterocycles. The Morgan fingerprint density at radius 2 is 2.10 bits per heavy atom. The number of nitrogens with zero attached hydrogens (tertiary/aromatic N) is 3. The van der Waals surface area contributed by atoms with Crippen LogP contribution in [0.15, 0.2) is 22.8 Å². The number of rotatable bonds is 7. The fraction of sp³-hybridized carbons (Fsp3) is 0.652. The maximum Gasteiger partial charge on any atom is 0.215 e. The predicted molar refractivity (Wildman–Crippen MR) is 116 cm³/mol. The molecule has 2 atom stereocenters. The quantitative estimate of drug-likeness (QED) is 0.653. The van der Waals surface area contributed by atoms with E-state index in [9.17, 15) is 13.2 Å². The average Bonchev–Trinajstić information content (AvgIpc) is 3.48. The highest BCUT2D eigenvalue weighted by Gasteiger charge is 2.65. The Balaban J connectivity index is 1.49. The summed E-state index contributed by atoms with van der Waals surface area (Å²) in [5.74, 6) is 0.870. The summed E-state index contributed by atoms with van der Waals surface area (Å²) in [6.45, 7) is 4.51. The number of sulfonamides is 1. The Morgan fingerprint density at radius 1 is 1.29 bits per heavy atom. The molecule has 5 rings (SSSR count). The molecule has 0 aromatic carbocycles. The second-order valence-electron chi connectivity index (χ2n) is 10.1. The van der Waals surface area contributed by atoms with Crippen molar-refractivity contribution in [3.8, 4) is 0 Å². The second kappa shape index (κ2) is 7.04. The van der Waals surface area contributed by atoms with Crippen LogP contribution in [-0.2, 0) is 47.8 Å². The number of carbonyl (C=O) groups is 1. The summed E-state index contributed by atoms with van der Waals surface area (Å²) >= 11 is 0. The zero-order valence-electron chi connectivity index (χ0n) is 18.6. The third-order valence-electron chi connectivity index (χ3n) is 8.40. The first kappa shape index (κ1) is 20.9. The van der Waals surface area contributed by atoms with Crippen LogP contribution in [0.5, 0.6) is 0 Å². The summed E-state index contributed by atoms with van der Waals surface area (Å²) in [6, 6.07) is 3.56. The molecule has 2 saturated carbocycles. The Bertz CT molecular complexity index is 1120. The van der Waals surface area contributed by atoms with E-state index < -0.39 is 15.4 Å². The normalized spacial score (nSPS) is 26.8. The molecule has 2 bridgehead atoms. The largest absolute Gasteiger partial charge is 0.468 e. The molecule has 0 amide bonds. The van der Waals surface area contributed by atoms with Gasteiger partial charge in [0.1, 0.15) is 11.5 Å². The molecule has 7 nitrogen and oxygen atoms in total. The summed E-state index contributed by atoms with van der Waals surface area (Å²) in [6.07, 6.45) is 6.65. The van der Waals surface area contributed by atoms with Gasteiger partial charge in [-0.05, 0) is 61.1 Å². The smallest absolute Gasteiger partial charge is 0.215 e. The molecule has 2 heterocycles. The molecule has 31 heavy (non-hydrogen) atoms. The number of aromatic nitrogens is 2. The van der Waals surface area contributed by atoms with Gasteiger partial charge in [-0.25, -0.2) is 8.42 Å². The summed E-state index contributed by atoms with van der Waals surface area (Å²) < 4.78 is 36.5. The molecule has 2 aromatic rings. The lowest BCUT2D eigenvalue weighted by Gasteiger charge is -2.37. The minimum Gasteiger partial charge on any atom is -0.468 e. The van der Waals surface area contributed by atoms with Crippen molar-refractivity contribution in [3.63, 3.8) is 0 Å². The molecule has 3 aliphatic carbocycles. The van der Waals surface area contributed by atoms with Crippen molar-refractivity contribution in [2.75, 3.05) is 5.75 Å². The number of Topliss-reactive ketones (excluding diaryl/α,β-unsaturated/α-hetero) is 1. The second-order valence-corrected chi connectivity index (χ2v) is 12.1. The zero-order chi connectivity index (χ0) is 22.0. The van der Waals surface area contributed by atoms with Crippen LogP contribution in [0.3, 0.4) is 0 Å². The van der Waals surface area contributed by atoms with E-state index in [1.54, 1.807) is 18.4 Å². The fourth-order valence-electron chi connectivity index (χ4n) is 6.33. The van der Waals surface area contributed by atoms with E-state index in [4.69, 9.17) is 4.42 Å². The van der Waals surface area contributed by atoms with Crippen molar-refractivity contribution in [3.05, 3.63) is 41.1 Å². The number of aryl methyl sites for hydroxylation is 1. The Hall–Kier alpha value is -1.93. The van der Waals surface area contributed by atoms with Gasteiger partial charge in [0.2, 0.25) is 10.0 Å². The molecular formula is C23H31N3O4S. The summed E-state index contributed by atoms with van der Waals surface area (Å²) in [5, 5.41) is 4.65. The Kier molecular flexibility index (Phi) is 4.75. The molecule has 2 unspecified atom stereocenters. The van der Waals surface area contributed by atoms with Crippen molar-refractivity contribution >= 4 is 15.8 Å². The lowest BCUT2D eigenvalue weighted by atomic mass is 9.70. The van der Waals surface area contributed by atoms with Crippen LogP contribution in [-0.4, -0.2) is 34.0 Å². The predicted octanol–water partition coefficient (Wildman–Crippen LogP) is 3.23. The lowest BCUT2D eigenvalue weighted by Crippen LogP contribution is -2.46. The average molecular weight is 446 g/mol. The van der Waals surface area contributed by atoms with Crippen LogP contribution in [0.4, 0.5) is 0 Å². The van der Waals surface area contributed by atoms with Gasteiger partial charge < -0.3 is 4.42 Å². The highest BCUT2D eigenvalue weighted by Crippen LogP contribution is 2.64. The Labute approximate surface area is 183 Å². The van der Waals surface area contributed by atoms with Crippen LogP contribution in [0.1, 0.15) is 62.2 Å². The van der Waals surface area contributed by atoms with Crippen molar-refractivity contribution in [1.29, 1.82) is 0 Å². The molecule has 3 aliphatic rings. The molecule has 168 valence electrons. The van der Waals surface area contributed by atoms with Crippen LogP contribution in [0.25, 0.3) is 0 Å². The van der Waals surface area contributed by atoms with Gasteiger partial charge in [-0.2, -0.15) is 9.40 Å². The maximum absolute atomic E-state index is 13.8. The van der Waals surface area contributed by atoms with Gasteiger partial charge in [-0.1, -0.05) is 13.8 Å². The SMILES string of the molecule is Cn1nc(CN(Cc2ccco2)S(=O)(=O)CC23CCC(CC2=O)C3(C)C)c2c1CCC2. The van der Waals surface area contributed by atoms with Crippen molar-refractivity contribution in [1.82, 2.24) is 14.1 Å². The highest BCUT2D eigenvalue weighted by atomic mass is 32.2. The first-order valence-electron chi connectivity index (χ1n) is 11.2. The fourth-order valence-corrected chi connectivity index (χ4v) is 8.46. The van der Waals surface area contributed by atoms with Crippen LogP contribution >= 0.6 is 0 Å². The van der Waals surface area contributed by atoms with Gasteiger partial charge in [-0.15, -0.1) is 0 Å². The highest BCUT2D eigenvalue weighted by molar-refractivity contribution is 7.89.